The minimum absolute atomic E-state index is 0. The first-order valence-electron chi connectivity index (χ1n) is 11.2. The molecule has 0 atom stereocenters. The summed E-state index contributed by atoms with van der Waals surface area (Å²) < 4.78 is 38.3. The van der Waals surface area contributed by atoms with E-state index in [9.17, 15) is 22.9 Å². The van der Waals surface area contributed by atoms with Gasteiger partial charge in [-0.1, -0.05) is 53.2 Å². The number of hydrogen-bond donors (Lipinski definition) is 2. The van der Waals surface area contributed by atoms with E-state index in [0.29, 0.717) is 33.8 Å². The van der Waals surface area contributed by atoms with Gasteiger partial charge in [-0.2, -0.15) is 13.5 Å². The van der Waals surface area contributed by atoms with Crippen molar-refractivity contribution in [2.24, 2.45) is 10.2 Å². The smallest absolute Gasteiger partial charge is 0.870 e. The van der Waals surface area contributed by atoms with Gasteiger partial charge in [-0.05, 0) is 55.1 Å². The number of ether oxygens (including phenoxy) is 1. The van der Waals surface area contributed by atoms with Crippen LogP contribution in [0, 0.1) is 6.92 Å². The molecule has 196 valence electrons. The van der Waals surface area contributed by atoms with E-state index in [1.165, 1.54) is 25.1 Å². The van der Waals surface area contributed by atoms with Crippen molar-refractivity contribution in [3.8, 4) is 11.5 Å². The molecular weight excluding hydrogens is 576 g/mol. The molecule has 13 heteroatoms. The van der Waals surface area contributed by atoms with Gasteiger partial charge in [0.2, 0.25) is 0 Å². The van der Waals surface area contributed by atoms with Crippen LogP contribution < -0.4 is 44.7 Å². The zero-order valence-corrected chi connectivity index (χ0v) is 25.4. The molecule has 4 rings (SSSR count). The number of carbonyl (C=O) groups is 1. The molecule has 2 N–H and O–H groups in total. The maximum absolute atomic E-state index is 13.4. The van der Waals surface area contributed by atoms with Gasteiger partial charge in [-0.15, -0.1) is 5.11 Å². The van der Waals surface area contributed by atoms with Crippen molar-refractivity contribution in [1.82, 2.24) is 0 Å². The molecule has 39 heavy (non-hydrogen) atoms. The molecule has 0 saturated heterocycles. The Morgan fingerprint density at radius 3 is 2.44 bits per heavy atom. The number of fused-ring (bicyclic) bond motifs is 1. The molecule has 0 aliphatic carbocycles. The van der Waals surface area contributed by atoms with Crippen LogP contribution in [0.25, 0.3) is 10.8 Å². The second kappa shape index (κ2) is 12.6. The molecule has 0 heterocycles. The van der Waals surface area contributed by atoms with Gasteiger partial charge in [0.15, 0.2) is 0 Å². The second-order valence-electron chi connectivity index (χ2n) is 8.08. The molecular formula is C26H20Cl2N3NaO6S. The first kappa shape index (κ1) is 30.8. The summed E-state index contributed by atoms with van der Waals surface area (Å²) >= 11 is 12.3. The van der Waals surface area contributed by atoms with Gasteiger partial charge in [0, 0.05) is 27.7 Å². The van der Waals surface area contributed by atoms with Crippen molar-refractivity contribution in [1.29, 1.82) is 0 Å². The molecule has 9 nitrogen and oxygen atoms in total. The van der Waals surface area contributed by atoms with Crippen LogP contribution in [0.4, 0.5) is 17.1 Å². The number of amides is 1. The van der Waals surface area contributed by atoms with Gasteiger partial charge >= 0.3 is 29.6 Å². The summed E-state index contributed by atoms with van der Waals surface area (Å²) in [6.07, 6.45) is 0. The fourth-order valence-corrected chi connectivity index (χ4v) is 5.00. The van der Waals surface area contributed by atoms with Crippen LogP contribution in [-0.2, 0) is 10.1 Å². The Morgan fingerprint density at radius 1 is 1.05 bits per heavy atom. The summed E-state index contributed by atoms with van der Waals surface area (Å²) in [6.45, 7) is 3.60. The third kappa shape index (κ3) is 6.90. The van der Waals surface area contributed by atoms with Crippen LogP contribution in [0.2, 0.25) is 10.0 Å². The molecule has 0 bridgehead atoms. The van der Waals surface area contributed by atoms with Crippen molar-refractivity contribution >= 4 is 67.1 Å². The third-order valence-electron chi connectivity index (χ3n) is 5.52. The number of nitrogens with one attached hydrogen (secondary N) is 1. The van der Waals surface area contributed by atoms with Crippen LogP contribution in [0.1, 0.15) is 22.8 Å². The number of halogens is 2. The predicted molar refractivity (Wildman–Crippen MR) is 144 cm³/mol. The van der Waals surface area contributed by atoms with E-state index in [-0.39, 0.29) is 57.1 Å². The standard InChI is InChI=1S/C26H21Cl2N3O6S.Na/c1-3-37-18-12-16(27)11-17(13-18)29-26(33)20-10-15-6-4-5-7-19(15)24(25(20)32)31-30-23-14(2)22(38(34,35)36)9-8-21(23)28;/h4-13,32H,3H2,1-2H3,(H,29,33)(H,34,35,36);/q;+1/p-1. The maximum Gasteiger partial charge on any atom is 1.00 e. The number of anilines is 1. The minimum Gasteiger partial charge on any atom is -0.870 e. The average molecular weight is 596 g/mol. The molecule has 0 fully saturated rings. The summed E-state index contributed by atoms with van der Waals surface area (Å²) in [5.74, 6) is -0.966. The molecule has 0 aliphatic heterocycles. The fraction of sp³-hybridized carbons (Fsp3) is 0.115. The van der Waals surface area contributed by atoms with E-state index >= 15 is 0 Å². The van der Waals surface area contributed by atoms with E-state index in [1.807, 2.05) is 6.92 Å². The van der Waals surface area contributed by atoms with Crippen LogP contribution >= 0.6 is 23.2 Å². The maximum atomic E-state index is 13.4. The molecule has 4 aromatic carbocycles. The van der Waals surface area contributed by atoms with Crippen molar-refractivity contribution in [3.63, 3.8) is 0 Å². The van der Waals surface area contributed by atoms with Crippen molar-refractivity contribution < 1.29 is 57.2 Å². The first-order valence-corrected chi connectivity index (χ1v) is 13.3. The van der Waals surface area contributed by atoms with E-state index in [4.69, 9.17) is 27.9 Å². The SMILES string of the molecule is CCOc1cc(Cl)cc(NC(=O)c2cc3ccccc3c(N=Nc3c(Cl)ccc(S(=O)(=O)O)c3C)c2[O-])c1.[Na+]. The van der Waals surface area contributed by atoms with Crippen molar-refractivity contribution in [3.05, 3.63) is 81.8 Å². The summed E-state index contributed by atoms with van der Waals surface area (Å²) in [7, 11) is -4.55. The Labute approximate surface area is 256 Å². The normalized spacial score (nSPS) is 11.4. The number of benzene rings is 4. The van der Waals surface area contributed by atoms with Crippen molar-refractivity contribution in [2.45, 2.75) is 18.7 Å². The Kier molecular flexibility index (Phi) is 10.0. The largest absolute Gasteiger partial charge is 1.00 e. The monoisotopic (exact) mass is 595 g/mol. The number of azo groups is 1. The van der Waals surface area contributed by atoms with Crippen LogP contribution in [0.15, 0.2) is 75.8 Å². The molecule has 4 aromatic rings. The molecule has 0 aliphatic rings. The minimum atomic E-state index is -4.55. The predicted octanol–water partition coefficient (Wildman–Crippen LogP) is 3.85. The van der Waals surface area contributed by atoms with Crippen LogP contribution in [0.3, 0.4) is 0 Å². The number of nitrogens with zero attached hydrogens (tertiary/aromatic N) is 2. The van der Waals surface area contributed by atoms with E-state index in [0.717, 1.165) is 6.07 Å². The topological polar surface area (TPSA) is 140 Å². The summed E-state index contributed by atoms with van der Waals surface area (Å²) in [5, 5.41) is 25.6. The van der Waals surface area contributed by atoms with Gasteiger partial charge in [-0.25, -0.2) is 0 Å². The van der Waals surface area contributed by atoms with E-state index in [2.05, 4.69) is 15.5 Å². The Hall–Kier alpha value is -2.70. The Balaban J connectivity index is 0.00000420. The summed E-state index contributed by atoms with van der Waals surface area (Å²) in [4.78, 5) is 12.8. The summed E-state index contributed by atoms with van der Waals surface area (Å²) in [6, 6.07) is 15.3. The van der Waals surface area contributed by atoms with E-state index < -0.39 is 26.7 Å². The first-order chi connectivity index (χ1) is 18.0. The molecule has 1 amide bonds. The van der Waals surface area contributed by atoms with E-state index in [1.54, 1.807) is 36.4 Å². The Bertz CT molecular complexity index is 1710. The number of rotatable bonds is 7. The van der Waals surface area contributed by atoms with Gasteiger partial charge in [0.1, 0.15) is 11.4 Å². The van der Waals surface area contributed by atoms with Crippen LogP contribution in [-0.4, -0.2) is 25.5 Å². The zero-order valence-electron chi connectivity index (χ0n) is 21.0. The molecule has 0 radical (unpaired) electrons. The zero-order chi connectivity index (χ0) is 27.6. The number of hydrogen-bond acceptors (Lipinski definition) is 7. The van der Waals surface area contributed by atoms with Gasteiger partial charge in [-0.3, -0.25) is 9.35 Å². The molecule has 0 spiro atoms. The van der Waals surface area contributed by atoms with Gasteiger partial charge in [0.05, 0.1) is 22.2 Å². The quantitative estimate of drug-likeness (QED) is 0.189. The van der Waals surface area contributed by atoms with Crippen molar-refractivity contribution in [2.75, 3.05) is 11.9 Å². The van der Waals surface area contributed by atoms with Crippen LogP contribution in [0.5, 0.6) is 11.5 Å². The second-order valence-corrected chi connectivity index (χ2v) is 10.3. The Morgan fingerprint density at radius 2 is 1.74 bits per heavy atom. The molecule has 0 aromatic heterocycles. The fourth-order valence-electron chi connectivity index (χ4n) is 3.81. The molecule has 0 unspecified atom stereocenters. The average Bonchev–Trinajstić information content (AvgIpc) is 2.83. The van der Waals surface area contributed by atoms with Gasteiger partial charge in [0.25, 0.3) is 16.0 Å². The molecule has 0 saturated carbocycles. The number of carbonyl (C=O) groups excluding carboxylic acids is 1. The summed E-state index contributed by atoms with van der Waals surface area (Å²) in [5.41, 5.74) is -0.0405. The van der Waals surface area contributed by atoms with Gasteiger partial charge < -0.3 is 15.2 Å². The third-order valence-corrected chi connectivity index (χ3v) is 7.04.